The first-order valence-corrected chi connectivity index (χ1v) is 11.2. The third-order valence-corrected chi connectivity index (χ3v) is 5.61. The summed E-state index contributed by atoms with van der Waals surface area (Å²) in [4.78, 5) is 43.4. The van der Waals surface area contributed by atoms with Gasteiger partial charge in [0.1, 0.15) is 5.82 Å². The van der Waals surface area contributed by atoms with E-state index >= 15 is 0 Å². The van der Waals surface area contributed by atoms with Gasteiger partial charge in [0.25, 0.3) is 11.2 Å². The Morgan fingerprint density at radius 1 is 1.15 bits per heavy atom. The highest BCUT2D eigenvalue weighted by atomic mass is 16.6. The lowest BCUT2D eigenvalue weighted by Crippen LogP contribution is -2.41. The van der Waals surface area contributed by atoms with Crippen LogP contribution in [0.3, 0.4) is 0 Å². The highest BCUT2D eigenvalue weighted by Crippen LogP contribution is 2.26. The van der Waals surface area contributed by atoms with Crippen LogP contribution in [0, 0.1) is 10.1 Å². The van der Waals surface area contributed by atoms with E-state index in [-0.39, 0.29) is 17.3 Å². The molecule has 9 heteroatoms. The van der Waals surface area contributed by atoms with Crippen LogP contribution >= 0.6 is 0 Å². The van der Waals surface area contributed by atoms with Gasteiger partial charge in [0.15, 0.2) is 0 Å². The Hall–Kier alpha value is -3.75. The van der Waals surface area contributed by atoms with Crippen molar-refractivity contribution in [2.24, 2.45) is 0 Å². The van der Waals surface area contributed by atoms with Gasteiger partial charge in [-0.3, -0.25) is 19.5 Å². The summed E-state index contributed by atoms with van der Waals surface area (Å²) in [6.45, 7) is 6.82. The zero-order valence-electron chi connectivity index (χ0n) is 19.2. The lowest BCUT2D eigenvalue weighted by atomic mass is 10.1. The van der Waals surface area contributed by atoms with E-state index in [1.165, 1.54) is 24.3 Å². The molecule has 0 saturated heterocycles. The highest BCUT2D eigenvalue weighted by Gasteiger charge is 2.28. The molecule has 1 aromatic heterocycles. The first kappa shape index (κ1) is 23.9. The van der Waals surface area contributed by atoms with Crippen molar-refractivity contribution in [3.8, 4) is 0 Å². The van der Waals surface area contributed by atoms with Crippen LogP contribution in [0.4, 0.5) is 16.2 Å². The molecular formula is C24H29N5O4. The number of urea groups is 1. The van der Waals surface area contributed by atoms with Crippen LogP contribution in [0.25, 0.3) is 10.9 Å². The minimum atomic E-state index is -0.484. The normalized spacial score (nSPS) is 11.8. The van der Waals surface area contributed by atoms with Gasteiger partial charge in [-0.05, 0) is 44.0 Å². The first-order chi connectivity index (χ1) is 15.9. The molecular weight excluding hydrogens is 422 g/mol. The Morgan fingerprint density at radius 2 is 1.85 bits per heavy atom. The third-order valence-electron chi connectivity index (χ3n) is 5.61. The van der Waals surface area contributed by atoms with Gasteiger partial charge in [0, 0.05) is 30.9 Å². The van der Waals surface area contributed by atoms with Crippen LogP contribution < -0.4 is 10.9 Å². The number of hydrogen-bond acceptors (Lipinski definition) is 5. The average molecular weight is 452 g/mol. The van der Waals surface area contributed by atoms with E-state index in [1.807, 2.05) is 32.9 Å². The largest absolute Gasteiger partial charge is 0.322 e. The molecule has 0 radical (unpaired) electrons. The topological polar surface area (TPSA) is 110 Å². The lowest BCUT2D eigenvalue weighted by molar-refractivity contribution is -0.384. The van der Waals surface area contributed by atoms with E-state index in [2.05, 4.69) is 5.32 Å². The Kier molecular flexibility index (Phi) is 7.76. The van der Waals surface area contributed by atoms with E-state index < -0.39 is 11.0 Å². The molecule has 0 aliphatic carbocycles. The molecule has 0 bridgehead atoms. The first-order valence-electron chi connectivity index (χ1n) is 11.2. The van der Waals surface area contributed by atoms with Crippen LogP contribution in [0.2, 0.25) is 0 Å². The number of benzene rings is 2. The number of nitro groups is 1. The standard InChI is InChI=1S/C24H29N5O4/c1-4-7-16-28(24(31)25-17-12-14-18(15-13-17)29(32)33)21(5-2)22-26-20-11-9-8-10-19(20)23(30)27(22)6-3/h8-15,21H,4-7,16H2,1-3H3,(H,25,31). The van der Waals surface area contributed by atoms with Crippen LogP contribution in [0.1, 0.15) is 51.9 Å². The number of anilines is 1. The second kappa shape index (κ2) is 10.7. The number of amides is 2. The number of para-hydroxylation sites is 1. The zero-order chi connectivity index (χ0) is 24.0. The molecule has 3 aromatic rings. The predicted molar refractivity (Wildman–Crippen MR) is 128 cm³/mol. The zero-order valence-corrected chi connectivity index (χ0v) is 19.2. The fourth-order valence-electron chi connectivity index (χ4n) is 3.88. The van der Waals surface area contributed by atoms with E-state index in [0.29, 0.717) is 41.9 Å². The smallest absolute Gasteiger partial charge is 0.314 e. The van der Waals surface area contributed by atoms with E-state index in [1.54, 1.807) is 21.6 Å². The maximum atomic E-state index is 13.3. The summed E-state index contributed by atoms with van der Waals surface area (Å²) in [5, 5.41) is 14.3. The number of aromatic nitrogens is 2. The number of unbranched alkanes of at least 4 members (excludes halogenated alkanes) is 1. The minimum absolute atomic E-state index is 0.0467. The van der Waals surface area contributed by atoms with Crippen molar-refractivity contribution in [1.29, 1.82) is 0 Å². The molecule has 3 rings (SSSR count). The number of carbonyl (C=O) groups excluding carboxylic acids is 1. The van der Waals surface area contributed by atoms with Gasteiger partial charge < -0.3 is 10.2 Å². The Morgan fingerprint density at radius 3 is 2.45 bits per heavy atom. The number of carbonyl (C=O) groups is 1. The summed E-state index contributed by atoms with van der Waals surface area (Å²) >= 11 is 0. The van der Waals surface area contributed by atoms with E-state index in [0.717, 1.165) is 12.8 Å². The SMILES string of the molecule is CCCCN(C(=O)Nc1ccc([N+](=O)[O-])cc1)C(CC)c1nc2ccccc2c(=O)n1CC. The van der Waals surface area contributed by atoms with Gasteiger partial charge in [0.05, 0.1) is 21.9 Å². The summed E-state index contributed by atoms with van der Waals surface area (Å²) in [6.07, 6.45) is 2.25. The second-order valence-corrected chi connectivity index (χ2v) is 7.74. The molecule has 0 aliphatic heterocycles. The van der Waals surface area contributed by atoms with Crippen LogP contribution in [0.15, 0.2) is 53.3 Å². The number of rotatable bonds is 9. The predicted octanol–water partition coefficient (Wildman–Crippen LogP) is 5.11. The maximum absolute atomic E-state index is 13.3. The molecule has 174 valence electrons. The van der Waals surface area contributed by atoms with Gasteiger partial charge in [-0.2, -0.15) is 0 Å². The van der Waals surface area contributed by atoms with Gasteiger partial charge in [-0.15, -0.1) is 0 Å². The van der Waals surface area contributed by atoms with Crippen molar-refractivity contribution < 1.29 is 9.72 Å². The summed E-state index contributed by atoms with van der Waals surface area (Å²) in [5.41, 5.74) is 0.894. The molecule has 33 heavy (non-hydrogen) atoms. The minimum Gasteiger partial charge on any atom is -0.314 e. The number of nitrogens with zero attached hydrogens (tertiary/aromatic N) is 4. The molecule has 2 aromatic carbocycles. The quantitative estimate of drug-likeness (QED) is 0.359. The monoisotopic (exact) mass is 451 g/mol. The molecule has 1 atom stereocenters. The van der Waals surface area contributed by atoms with Gasteiger partial charge in [-0.1, -0.05) is 32.4 Å². The molecule has 1 N–H and O–H groups in total. The number of nitro benzene ring substituents is 1. The fourth-order valence-corrected chi connectivity index (χ4v) is 3.88. The van der Waals surface area contributed by atoms with E-state index in [4.69, 9.17) is 4.98 Å². The Bertz CT molecular complexity index is 1190. The van der Waals surface area contributed by atoms with Crippen LogP contribution in [0.5, 0.6) is 0 Å². The molecule has 0 spiro atoms. The van der Waals surface area contributed by atoms with Gasteiger partial charge >= 0.3 is 6.03 Å². The number of non-ortho nitro benzene ring substituents is 1. The van der Waals surface area contributed by atoms with Crippen LogP contribution in [-0.4, -0.2) is 32.0 Å². The summed E-state index contributed by atoms with van der Waals surface area (Å²) in [7, 11) is 0. The van der Waals surface area contributed by atoms with Crippen molar-refractivity contribution in [2.45, 2.75) is 52.6 Å². The number of hydrogen-bond donors (Lipinski definition) is 1. The molecule has 9 nitrogen and oxygen atoms in total. The molecule has 2 amide bonds. The van der Waals surface area contributed by atoms with E-state index in [9.17, 15) is 19.7 Å². The average Bonchev–Trinajstić information content (AvgIpc) is 2.82. The molecule has 1 heterocycles. The van der Waals surface area contributed by atoms with Crippen molar-refractivity contribution in [3.05, 3.63) is 74.8 Å². The molecule has 1 unspecified atom stereocenters. The number of nitrogens with one attached hydrogen (secondary N) is 1. The summed E-state index contributed by atoms with van der Waals surface area (Å²) in [5.74, 6) is 0.554. The van der Waals surface area contributed by atoms with Crippen molar-refractivity contribution in [3.63, 3.8) is 0 Å². The maximum Gasteiger partial charge on any atom is 0.322 e. The van der Waals surface area contributed by atoms with Crippen LogP contribution in [-0.2, 0) is 6.54 Å². The fraction of sp³-hybridized carbons (Fsp3) is 0.375. The third kappa shape index (κ3) is 5.19. The molecule has 0 saturated carbocycles. The second-order valence-electron chi connectivity index (χ2n) is 7.74. The summed E-state index contributed by atoms with van der Waals surface area (Å²) < 4.78 is 1.63. The molecule has 0 aliphatic rings. The van der Waals surface area contributed by atoms with Crippen molar-refractivity contribution >= 4 is 28.3 Å². The van der Waals surface area contributed by atoms with Crippen molar-refractivity contribution in [2.75, 3.05) is 11.9 Å². The van der Waals surface area contributed by atoms with Crippen molar-refractivity contribution in [1.82, 2.24) is 14.5 Å². The van der Waals surface area contributed by atoms with Gasteiger partial charge in [0.2, 0.25) is 0 Å². The molecule has 0 fully saturated rings. The number of fused-ring (bicyclic) bond motifs is 1. The highest BCUT2D eigenvalue weighted by molar-refractivity contribution is 5.89. The summed E-state index contributed by atoms with van der Waals surface area (Å²) in [6, 6.07) is 12.2. The Balaban J connectivity index is 2.00. The Labute approximate surface area is 192 Å². The van der Waals surface area contributed by atoms with Gasteiger partial charge in [-0.25, -0.2) is 9.78 Å². The lowest BCUT2D eigenvalue weighted by Gasteiger charge is -2.32.